The lowest BCUT2D eigenvalue weighted by Crippen LogP contribution is -2.42. The molecular formula is C28H35N7O5. The van der Waals surface area contributed by atoms with E-state index in [4.69, 9.17) is 29.9 Å². The van der Waals surface area contributed by atoms with Crippen LogP contribution in [0.15, 0.2) is 61.0 Å². The maximum absolute atomic E-state index is 13.6. The number of nitrogens with one attached hydrogen (secondary N) is 2. The Bertz CT molecular complexity index is 1250. The molecule has 4 rings (SSSR count). The number of aromatic nitrogens is 2. The standard InChI is InChI=1S/C28H35N7O5/c1-3-5-6-22(19-29)31-28(37)30-21-9-7-20(8-10-21)25-32-23(27(36)35-13-17-39-18-14-35)24(40-4-2)26(33-25)34-11-15-38-16-12-34/h3,5-10,19H,1,4,11-18,29H2,2H3,(H2,30,31,37)/b6-5-,22-19+. The number of nitrogens with two attached hydrogens (primary N) is 1. The highest BCUT2D eigenvalue weighted by Crippen LogP contribution is 2.34. The fourth-order valence-corrected chi connectivity index (χ4v) is 4.20. The molecule has 0 atom stereocenters. The van der Waals surface area contributed by atoms with Crippen molar-refractivity contribution >= 4 is 23.4 Å². The summed E-state index contributed by atoms with van der Waals surface area (Å²) < 4.78 is 16.9. The minimum Gasteiger partial charge on any atom is -0.488 e. The van der Waals surface area contributed by atoms with Crippen molar-refractivity contribution < 1.29 is 23.8 Å². The zero-order valence-corrected chi connectivity index (χ0v) is 22.6. The van der Waals surface area contributed by atoms with Gasteiger partial charge in [-0.3, -0.25) is 4.79 Å². The molecule has 3 amide bonds. The van der Waals surface area contributed by atoms with Crippen molar-refractivity contribution in [1.82, 2.24) is 20.2 Å². The first-order valence-corrected chi connectivity index (χ1v) is 13.2. The van der Waals surface area contributed by atoms with Gasteiger partial charge in [0, 0.05) is 43.6 Å². The highest BCUT2D eigenvalue weighted by Gasteiger charge is 2.30. The molecule has 1 aromatic heterocycles. The van der Waals surface area contributed by atoms with E-state index in [2.05, 4.69) is 22.1 Å². The monoisotopic (exact) mass is 549 g/mol. The first-order chi connectivity index (χ1) is 19.5. The lowest BCUT2D eigenvalue weighted by molar-refractivity contribution is 0.0296. The number of hydrogen-bond acceptors (Lipinski definition) is 9. The molecule has 2 aliphatic heterocycles. The second-order valence-corrected chi connectivity index (χ2v) is 8.86. The van der Waals surface area contributed by atoms with Crippen LogP contribution in [0.5, 0.6) is 5.75 Å². The number of rotatable bonds is 9. The Morgan fingerprint density at radius 1 is 1.07 bits per heavy atom. The molecule has 0 radical (unpaired) electrons. The van der Waals surface area contributed by atoms with E-state index >= 15 is 0 Å². The summed E-state index contributed by atoms with van der Waals surface area (Å²) in [4.78, 5) is 39.4. The van der Waals surface area contributed by atoms with Gasteiger partial charge in [-0.05, 0) is 37.3 Å². The van der Waals surface area contributed by atoms with E-state index < -0.39 is 6.03 Å². The van der Waals surface area contributed by atoms with Gasteiger partial charge < -0.3 is 40.4 Å². The molecule has 2 fully saturated rings. The molecule has 1 aromatic carbocycles. The van der Waals surface area contributed by atoms with Gasteiger partial charge in [0.2, 0.25) is 0 Å². The van der Waals surface area contributed by atoms with Gasteiger partial charge in [-0.15, -0.1) is 0 Å². The Labute approximate surface area is 233 Å². The Morgan fingerprint density at radius 2 is 1.75 bits per heavy atom. The first-order valence-electron chi connectivity index (χ1n) is 13.2. The topological polar surface area (TPSA) is 144 Å². The van der Waals surface area contributed by atoms with Crippen LogP contribution in [0.4, 0.5) is 16.3 Å². The zero-order chi connectivity index (χ0) is 28.3. The molecule has 2 aromatic rings. The predicted molar refractivity (Wildman–Crippen MR) is 152 cm³/mol. The number of amides is 3. The van der Waals surface area contributed by atoms with Crippen LogP contribution in [-0.2, 0) is 9.47 Å². The average Bonchev–Trinajstić information content (AvgIpc) is 3.00. The molecule has 212 valence electrons. The highest BCUT2D eigenvalue weighted by atomic mass is 16.5. The number of anilines is 2. The van der Waals surface area contributed by atoms with Crippen molar-refractivity contribution in [2.75, 3.05) is 69.4 Å². The van der Waals surface area contributed by atoms with Crippen molar-refractivity contribution in [3.8, 4) is 17.1 Å². The number of urea groups is 1. The molecule has 40 heavy (non-hydrogen) atoms. The van der Waals surface area contributed by atoms with E-state index in [9.17, 15) is 9.59 Å². The summed E-state index contributed by atoms with van der Waals surface area (Å²) in [5, 5.41) is 5.42. The molecule has 0 unspecified atom stereocenters. The Kier molecular flexibility index (Phi) is 10.1. The van der Waals surface area contributed by atoms with Crippen LogP contribution in [0, 0.1) is 0 Å². The number of hydrogen-bond donors (Lipinski definition) is 3. The van der Waals surface area contributed by atoms with Crippen LogP contribution in [-0.4, -0.2) is 86.0 Å². The predicted octanol–water partition coefficient (Wildman–Crippen LogP) is 2.52. The van der Waals surface area contributed by atoms with Crippen molar-refractivity contribution in [1.29, 1.82) is 0 Å². The number of carbonyl (C=O) groups is 2. The van der Waals surface area contributed by atoms with Gasteiger partial charge in [0.05, 0.1) is 38.7 Å². The van der Waals surface area contributed by atoms with E-state index in [0.29, 0.717) is 93.6 Å². The maximum Gasteiger partial charge on any atom is 0.323 e. The van der Waals surface area contributed by atoms with Crippen LogP contribution in [0.2, 0.25) is 0 Å². The first kappa shape index (κ1) is 28.6. The van der Waals surface area contributed by atoms with E-state index in [1.54, 1.807) is 47.4 Å². The van der Waals surface area contributed by atoms with Crippen LogP contribution >= 0.6 is 0 Å². The van der Waals surface area contributed by atoms with Gasteiger partial charge in [-0.2, -0.15) is 0 Å². The van der Waals surface area contributed by atoms with Gasteiger partial charge >= 0.3 is 6.03 Å². The molecule has 0 aliphatic carbocycles. The Morgan fingerprint density at radius 3 is 2.38 bits per heavy atom. The minimum atomic E-state index is -0.455. The fraction of sp³-hybridized carbons (Fsp3) is 0.357. The molecule has 0 spiro atoms. The van der Waals surface area contributed by atoms with E-state index in [0.717, 1.165) is 0 Å². The van der Waals surface area contributed by atoms with Gasteiger partial charge in [-0.25, -0.2) is 14.8 Å². The summed E-state index contributed by atoms with van der Waals surface area (Å²) >= 11 is 0. The van der Waals surface area contributed by atoms with Gasteiger partial charge in [-0.1, -0.05) is 18.7 Å². The molecule has 12 heteroatoms. The largest absolute Gasteiger partial charge is 0.488 e. The summed E-state index contributed by atoms with van der Waals surface area (Å²) in [5.74, 6) is 1.07. The number of benzene rings is 1. The van der Waals surface area contributed by atoms with Crippen molar-refractivity contribution in [2.24, 2.45) is 5.73 Å². The lowest BCUT2D eigenvalue weighted by atomic mass is 10.1. The molecule has 3 heterocycles. The summed E-state index contributed by atoms with van der Waals surface area (Å²) in [5.41, 5.74) is 7.42. The summed E-state index contributed by atoms with van der Waals surface area (Å²) in [7, 11) is 0. The van der Waals surface area contributed by atoms with Gasteiger partial charge in [0.25, 0.3) is 5.91 Å². The maximum atomic E-state index is 13.6. The zero-order valence-electron chi connectivity index (χ0n) is 22.6. The van der Waals surface area contributed by atoms with Crippen LogP contribution in [0.25, 0.3) is 11.4 Å². The molecular weight excluding hydrogens is 514 g/mol. The van der Waals surface area contributed by atoms with Crippen LogP contribution in [0.3, 0.4) is 0 Å². The SMILES string of the molecule is C=C/C=C\C(=C/N)NC(=O)Nc1ccc(-c2nc(C(=O)N3CCOCC3)c(OCC)c(N3CCOCC3)n2)cc1. The van der Waals surface area contributed by atoms with E-state index in [1.165, 1.54) is 6.20 Å². The molecule has 4 N–H and O–H groups in total. The van der Waals surface area contributed by atoms with Crippen LogP contribution < -0.4 is 26.0 Å². The second-order valence-electron chi connectivity index (χ2n) is 8.86. The molecule has 0 bridgehead atoms. The number of carbonyl (C=O) groups excluding carboxylic acids is 2. The fourth-order valence-electron chi connectivity index (χ4n) is 4.20. The molecule has 2 aliphatic rings. The smallest absolute Gasteiger partial charge is 0.323 e. The second kappa shape index (κ2) is 14.1. The normalized spacial score (nSPS) is 16.1. The third-order valence-electron chi connectivity index (χ3n) is 6.20. The molecule has 0 saturated carbocycles. The van der Waals surface area contributed by atoms with Gasteiger partial charge in [0.15, 0.2) is 23.1 Å². The number of allylic oxidation sites excluding steroid dienone is 3. The highest BCUT2D eigenvalue weighted by molar-refractivity contribution is 5.97. The van der Waals surface area contributed by atoms with Crippen molar-refractivity contribution in [2.45, 2.75) is 6.92 Å². The average molecular weight is 550 g/mol. The number of morpholine rings is 2. The van der Waals surface area contributed by atoms with E-state index in [-0.39, 0.29) is 11.6 Å². The lowest BCUT2D eigenvalue weighted by Gasteiger charge is -2.31. The summed E-state index contributed by atoms with van der Waals surface area (Å²) in [6, 6.07) is 6.59. The number of ether oxygens (including phenoxy) is 3. The van der Waals surface area contributed by atoms with Gasteiger partial charge in [0.1, 0.15) is 0 Å². The summed E-state index contributed by atoms with van der Waals surface area (Å²) in [6.07, 6.45) is 6.15. The Hall–Kier alpha value is -4.42. The van der Waals surface area contributed by atoms with E-state index in [1.807, 2.05) is 6.92 Å². The molecule has 2 saturated heterocycles. The van der Waals surface area contributed by atoms with Crippen molar-refractivity contribution in [3.05, 3.63) is 66.7 Å². The van der Waals surface area contributed by atoms with Crippen molar-refractivity contribution in [3.63, 3.8) is 0 Å². The van der Waals surface area contributed by atoms with Crippen LogP contribution in [0.1, 0.15) is 17.4 Å². The third kappa shape index (κ3) is 7.16. The number of nitrogens with zero attached hydrogens (tertiary/aromatic N) is 4. The minimum absolute atomic E-state index is 0.213. The third-order valence-corrected chi connectivity index (χ3v) is 6.20. The molecule has 12 nitrogen and oxygen atoms in total. The quantitative estimate of drug-likeness (QED) is 0.402. The Balaban J connectivity index is 1.64. The summed E-state index contributed by atoms with van der Waals surface area (Å²) in [6.45, 7) is 10.0.